The maximum atomic E-state index is 11.0. The number of carboxylic acid groups (broad SMARTS) is 1. The highest BCUT2D eigenvalue weighted by molar-refractivity contribution is 5.88. The molecule has 1 fully saturated rings. The van der Waals surface area contributed by atoms with Gasteiger partial charge in [-0.15, -0.1) is 0 Å². The second-order valence-corrected chi connectivity index (χ2v) is 4.74. The number of nitrogens with zero attached hydrogens (tertiary/aromatic N) is 1. The molecule has 1 unspecified atom stereocenters. The van der Waals surface area contributed by atoms with Crippen LogP contribution in [0.25, 0.3) is 0 Å². The molecule has 1 heterocycles. The van der Waals surface area contributed by atoms with Crippen molar-refractivity contribution in [3.8, 4) is 11.5 Å². The van der Waals surface area contributed by atoms with E-state index in [1.54, 1.807) is 6.07 Å². The van der Waals surface area contributed by atoms with Crippen LogP contribution in [0.4, 0.5) is 0 Å². The van der Waals surface area contributed by atoms with E-state index in [4.69, 9.17) is 19.3 Å². The number of carbonyl (C=O) groups is 1. The smallest absolute Gasteiger partial charge is 0.335 e. The number of hydrogen-bond acceptors (Lipinski definition) is 5. The summed E-state index contributed by atoms with van der Waals surface area (Å²) < 4.78 is 16.4. The maximum absolute atomic E-state index is 11.0. The van der Waals surface area contributed by atoms with Gasteiger partial charge in [-0.25, -0.2) is 4.79 Å². The molecule has 0 aliphatic carbocycles. The SMILES string of the molecule is COc1ccc(C(=O)O)cc1OCC1CN(C)CCO1. The first-order valence-electron chi connectivity index (χ1n) is 6.44. The van der Waals surface area contributed by atoms with Crippen molar-refractivity contribution in [1.82, 2.24) is 4.90 Å². The molecule has 0 amide bonds. The number of hydrogen-bond donors (Lipinski definition) is 1. The number of morpholine rings is 1. The van der Waals surface area contributed by atoms with E-state index < -0.39 is 5.97 Å². The third-order valence-electron chi connectivity index (χ3n) is 3.18. The van der Waals surface area contributed by atoms with Crippen molar-refractivity contribution in [1.29, 1.82) is 0 Å². The number of carboxylic acids is 1. The van der Waals surface area contributed by atoms with E-state index in [0.717, 1.165) is 13.1 Å². The van der Waals surface area contributed by atoms with Crippen LogP contribution in [0.5, 0.6) is 11.5 Å². The molecule has 1 atom stereocenters. The molecule has 1 N–H and O–H groups in total. The average Bonchev–Trinajstić information content (AvgIpc) is 2.44. The van der Waals surface area contributed by atoms with Gasteiger partial charge in [0, 0.05) is 13.1 Å². The molecule has 0 bridgehead atoms. The van der Waals surface area contributed by atoms with Gasteiger partial charge in [0.2, 0.25) is 0 Å². The topological polar surface area (TPSA) is 68.2 Å². The minimum Gasteiger partial charge on any atom is -0.493 e. The molecule has 1 aliphatic rings. The van der Waals surface area contributed by atoms with Gasteiger partial charge in [-0.05, 0) is 25.2 Å². The van der Waals surface area contributed by atoms with Gasteiger partial charge < -0.3 is 24.2 Å². The summed E-state index contributed by atoms with van der Waals surface area (Å²) in [5.41, 5.74) is 0.169. The Hall–Kier alpha value is -1.79. The van der Waals surface area contributed by atoms with Gasteiger partial charge in [-0.2, -0.15) is 0 Å². The summed E-state index contributed by atoms with van der Waals surface area (Å²) in [5.74, 6) is -0.0606. The quantitative estimate of drug-likeness (QED) is 0.871. The van der Waals surface area contributed by atoms with E-state index in [1.807, 2.05) is 7.05 Å². The van der Waals surface area contributed by atoms with Gasteiger partial charge in [-0.3, -0.25) is 0 Å². The van der Waals surface area contributed by atoms with Gasteiger partial charge in [0.1, 0.15) is 12.7 Å². The molecule has 1 saturated heterocycles. The van der Waals surface area contributed by atoms with Crippen LogP contribution >= 0.6 is 0 Å². The fourth-order valence-corrected chi connectivity index (χ4v) is 2.07. The number of methoxy groups -OCH3 is 1. The number of ether oxygens (including phenoxy) is 3. The van der Waals surface area contributed by atoms with E-state index in [0.29, 0.717) is 24.7 Å². The summed E-state index contributed by atoms with van der Waals surface area (Å²) >= 11 is 0. The van der Waals surface area contributed by atoms with Crippen molar-refractivity contribution in [3.63, 3.8) is 0 Å². The van der Waals surface area contributed by atoms with Crippen LogP contribution in [0.3, 0.4) is 0 Å². The molecule has 0 saturated carbocycles. The van der Waals surface area contributed by atoms with Crippen LogP contribution in [0.1, 0.15) is 10.4 Å². The van der Waals surface area contributed by atoms with Crippen molar-refractivity contribution < 1.29 is 24.1 Å². The summed E-state index contributed by atoms with van der Waals surface area (Å²) in [6, 6.07) is 4.54. The van der Waals surface area contributed by atoms with Crippen LogP contribution in [-0.4, -0.2) is 62.5 Å². The highest BCUT2D eigenvalue weighted by Crippen LogP contribution is 2.28. The fourth-order valence-electron chi connectivity index (χ4n) is 2.07. The first kappa shape index (κ1) is 14.6. The number of likely N-dealkylation sites (N-methyl/N-ethyl adjacent to an activating group) is 1. The zero-order valence-electron chi connectivity index (χ0n) is 11.7. The van der Waals surface area contributed by atoms with Crippen LogP contribution < -0.4 is 9.47 Å². The molecule has 20 heavy (non-hydrogen) atoms. The number of rotatable bonds is 5. The molecule has 0 radical (unpaired) electrons. The Morgan fingerprint density at radius 3 is 2.95 bits per heavy atom. The van der Waals surface area contributed by atoms with Gasteiger partial charge in [0.25, 0.3) is 0 Å². The van der Waals surface area contributed by atoms with Crippen molar-refractivity contribution in [2.24, 2.45) is 0 Å². The second-order valence-electron chi connectivity index (χ2n) is 4.74. The van der Waals surface area contributed by atoms with Crippen molar-refractivity contribution in [2.75, 3.05) is 40.5 Å². The van der Waals surface area contributed by atoms with E-state index in [1.165, 1.54) is 19.2 Å². The molecular formula is C14H19NO5. The number of aromatic carboxylic acids is 1. The van der Waals surface area contributed by atoms with E-state index >= 15 is 0 Å². The largest absolute Gasteiger partial charge is 0.493 e. The number of benzene rings is 1. The summed E-state index contributed by atoms with van der Waals surface area (Å²) in [5, 5.41) is 9.00. The molecule has 0 aromatic heterocycles. The summed E-state index contributed by atoms with van der Waals surface area (Å²) in [4.78, 5) is 13.1. The lowest BCUT2D eigenvalue weighted by Gasteiger charge is -2.30. The Morgan fingerprint density at radius 1 is 1.50 bits per heavy atom. The predicted molar refractivity (Wildman–Crippen MR) is 72.7 cm³/mol. The standard InChI is InChI=1S/C14H19NO5/c1-15-5-6-19-11(8-15)9-20-13-7-10(14(16)17)3-4-12(13)18-2/h3-4,7,11H,5-6,8-9H2,1-2H3,(H,16,17). The van der Waals surface area contributed by atoms with Crippen LogP contribution in [0.15, 0.2) is 18.2 Å². The minimum atomic E-state index is -0.994. The van der Waals surface area contributed by atoms with Crippen LogP contribution in [-0.2, 0) is 4.74 Å². The molecule has 6 heteroatoms. The average molecular weight is 281 g/mol. The summed E-state index contributed by atoms with van der Waals surface area (Å²) in [6.07, 6.45) is -0.0214. The van der Waals surface area contributed by atoms with Crippen LogP contribution in [0.2, 0.25) is 0 Å². The van der Waals surface area contributed by atoms with Crippen LogP contribution in [0, 0.1) is 0 Å². The van der Waals surface area contributed by atoms with E-state index in [-0.39, 0.29) is 11.7 Å². The zero-order chi connectivity index (χ0) is 14.5. The maximum Gasteiger partial charge on any atom is 0.335 e. The van der Waals surface area contributed by atoms with Crippen molar-refractivity contribution >= 4 is 5.97 Å². The first-order chi connectivity index (χ1) is 9.60. The highest BCUT2D eigenvalue weighted by atomic mass is 16.5. The molecule has 6 nitrogen and oxygen atoms in total. The lowest BCUT2D eigenvalue weighted by Crippen LogP contribution is -2.42. The molecule has 110 valence electrons. The molecule has 1 aliphatic heterocycles. The van der Waals surface area contributed by atoms with Gasteiger partial charge in [0.05, 0.1) is 19.3 Å². The second kappa shape index (κ2) is 6.58. The molecule has 1 aromatic rings. The lowest BCUT2D eigenvalue weighted by molar-refractivity contribution is -0.0406. The predicted octanol–water partition coefficient (Wildman–Crippen LogP) is 1.10. The Bertz CT molecular complexity index is 477. The highest BCUT2D eigenvalue weighted by Gasteiger charge is 2.19. The lowest BCUT2D eigenvalue weighted by atomic mass is 10.2. The fraction of sp³-hybridized carbons (Fsp3) is 0.500. The third kappa shape index (κ3) is 3.61. The summed E-state index contributed by atoms with van der Waals surface area (Å²) in [7, 11) is 3.55. The molecular weight excluding hydrogens is 262 g/mol. The monoisotopic (exact) mass is 281 g/mol. The first-order valence-corrected chi connectivity index (χ1v) is 6.44. The Kier molecular flexibility index (Phi) is 4.81. The normalized spacial score (nSPS) is 19.6. The van der Waals surface area contributed by atoms with Crippen molar-refractivity contribution in [2.45, 2.75) is 6.10 Å². The minimum absolute atomic E-state index is 0.0214. The Labute approximate surface area is 117 Å². The van der Waals surface area contributed by atoms with Gasteiger partial charge in [0.15, 0.2) is 11.5 Å². The molecule has 2 rings (SSSR count). The van der Waals surface area contributed by atoms with Gasteiger partial charge in [-0.1, -0.05) is 0 Å². The molecule has 0 spiro atoms. The Balaban J connectivity index is 2.03. The third-order valence-corrected chi connectivity index (χ3v) is 3.18. The van der Waals surface area contributed by atoms with E-state index in [2.05, 4.69) is 4.90 Å². The van der Waals surface area contributed by atoms with E-state index in [9.17, 15) is 4.79 Å². The summed E-state index contributed by atoms with van der Waals surface area (Å²) in [6.45, 7) is 2.75. The van der Waals surface area contributed by atoms with Crippen molar-refractivity contribution in [3.05, 3.63) is 23.8 Å². The Morgan fingerprint density at radius 2 is 2.30 bits per heavy atom. The molecule has 1 aromatic carbocycles. The van der Waals surface area contributed by atoms with Gasteiger partial charge >= 0.3 is 5.97 Å². The zero-order valence-corrected chi connectivity index (χ0v) is 11.7.